The molecule has 0 aliphatic rings. The molecular weight excluding hydrogens is 639 g/mol. The van der Waals surface area contributed by atoms with Crippen molar-refractivity contribution in [3.8, 4) is 45.2 Å². The molecule has 5 heteroatoms. The molecule has 52 heavy (non-hydrogen) atoms. The molecule has 0 amide bonds. The minimum atomic E-state index is 0.599. The Balaban J connectivity index is 1.22. The average molecular weight is 666 g/mol. The smallest absolute Gasteiger partial charge is 0.162 e. The number of benzene rings is 7. The number of para-hydroxylation sites is 3. The van der Waals surface area contributed by atoms with Crippen LogP contribution in [0.25, 0.3) is 111 Å². The maximum atomic E-state index is 6.40. The summed E-state index contributed by atoms with van der Waals surface area (Å²) in [4.78, 5) is 16.0. The summed E-state index contributed by atoms with van der Waals surface area (Å²) in [5.74, 6) is 0.599. The molecular formula is C47H27N3O2. The maximum absolute atomic E-state index is 6.40. The predicted octanol–water partition coefficient (Wildman–Crippen LogP) is 12.6. The molecule has 0 radical (unpaired) electrons. The third-order valence-electron chi connectivity index (χ3n) is 10.1. The van der Waals surface area contributed by atoms with Crippen molar-refractivity contribution < 1.29 is 8.83 Å². The molecule has 11 aromatic rings. The standard InChI is InChI=1S/C47H27N3O2/c1-3-12-28(13-4-1)37-27-38(30-22-23-32-31-16-7-9-20-39(31)52-42(32)26-30)49-47(48-37)36-19-11-18-34-43-35(45(50-46(34)36)29-14-5-2-6-15-29)24-25-41-44(43)33-17-8-10-21-40(33)51-41/h1-27H. The second-order valence-corrected chi connectivity index (χ2v) is 13.1. The zero-order valence-corrected chi connectivity index (χ0v) is 27.7. The number of fused-ring (bicyclic) bond motifs is 10. The van der Waals surface area contributed by atoms with Crippen molar-refractivity contribution in [1.29, 1.82) is 0 Å². The minimum Gasteiger partial charge on any atom is -0.456 e. The first-order chi connectivity index (χ1) is 25.8. The summed E-state index contributed by atoms with van der Waals surface area (Å²) in [6, 6.07) is 56.0. The van der Waals surface area contributed by atoms with E-state index in [0.717, 1.165) is 105 Å². The van der Waals surface area contributed by atoms with Crippen molar-refractivity contribution in [1.82, 2.24) is 15.0 Å². The van der Waals surface area contributed by atoms with Crippen LogP contribution in [0, 0.1) is 0 Å². The van der Waals surface area contributed by atoms with Gasteiger partial charge in [0.15, 0.2) is 5.82 Å². The normalized spacial score (nSPS) is 11.8. The molecule has 4 heterocycles. The van der Waals surface area contributed by atoms with E-state index in [1.165, 1.54) is 0 Å². The SMILES string of the molecule is c1ccc(-c2cc(-c3ccc4c(c3)oc3ccccc34)nc(-c3cccc4c3nc(-c3ccccc3)c3ccc5oc6ccccc6c5c34)n2)cc1. The number of pyridine rings is 1. The number of furan rings is 2. The Kier molecular flexibility index (Phi) is 6.18. The Morgan fingerprint density at radius 3 is 1.77 bits per heavy atom. The van der Waals surface area contributed by atoms with Gasteiger partial charge in [-0.15, -0.1) is 0 Å². The van der Waals surface area contributed by atoms with Crippen LogP contribution in [0.5, 0.6) is 0 Å². The Morgan fingerprint density at radius 1 is 0.346 bits per heavy atom. The summed E-state index contributed by atoms with van der Waals surface area (Å²) in [5.41, 5.74) is 10.6. The van der Waals surface area contributed by atoms with E-state index in [4.69, 9.17) is 23.8 Å². The van der Waals surface area contributed by atoms with Crippen LogP contribution in [0.4, 0.5) is 0 Å². The van der Waals surface area contributed by atoms with Crippen molar-refractivity contribution in [2.45, 2.75) is 0 Å². The topological polar surface area (TPSA) is 65.0 Å². The molecule has 0 fully saturated rings. The van der Waals surface area contributed by atoms with Crippen LogP contribution in [-0.2, 0) is 0 Å². The lowest BCUT2D eigenvalue weighted by Gasteiger charge is -2.15. The van der Waals surface area contributed by atoms with E-state index in [1.54, 1.807) is 0 Å². The van der Waals surface area contributed by atoms with Gasteiger partial charge in [0.05, 0.1) is 22.6 Å². The highest BCUT2D eigenvalue weighted by molar-refractivity contribution is 6.29. The van der Waals surface area contributed by atoms with E-state index in [2.05, 4.69) is 109 Å². The fraction of sp³-hybridized carbons (Fsp3) is 0. The summed E-state index contributed by atoms with van der Waals surface area (Å²) >= 11 is 0. The van der Waals surface area contributed by atoms with Gasteiger partial charge in [0.1, 0.15) is 22.3 Å². The molecule has 7 aromatic carbocycles. The van der Waals surface area contributed by atoms with Gasteiger partial charge in [0.25, 0.3) is 0 Å². The van der Waals surface area contributed by atoms with Gasteiger partial charge in [0.2, 0.25) is 0 Å². The van der Waals surface area contributed by atoms with Crippen LogP contribution >= 0.6 is 0 Å². The second-order valence-electron chi connectivity index (χ2n) is 13.1. The molecule has 11 rings (SSSR count). The molecule has 0 saturated carbocycles. The van der Waals surface area contributed by atoms with E-state index < -0.39 is 0 Å². The first kappa shape index (κ1) is 28.7. The van der Waals surface area contributed by atoms with Crippen LogP contribution in [0.15, 0.2) is 173 Å². The van der Waals surface area contributed by atoms with Crippen LogP contribution < -0.4 is 0 Å². The molecule has 4 aromatic heterocycles. The molecule has 0 spiro atoms. The van der Waals surface area contributed by atoms with E-state index in [9.17, 15) is 0 Å². The van der Waals surface area contributed by atoms with Crippen molar-refractivity contribution in [2.24, 2.45) is 0 Å². The highest BCUT2D eigenvalue weighted by Gasteiger charge is 2.21. The fourth-order valence-corrected chi connectivity index (χ4v) is 7.69. The van der Waals surface area contributed by atoms with E-state index >= 15 is 0 Å². The number of hydrogen-bond acceptors (Lipinski definition) is 5. The van der Waals surface area contributed by atoms with Crippen molar-refractivity contribution >= 4 is 65.6 Å². The van der Waals surface area contributed by atoms with Gasteiger partial charge in [-0.1, -0.05) is 115 Å². The third-order valence-corrected chi connectivity index (χ3v) is 10.1. The minimum absolute atomic E-state index is 0.599. The van der Waals surface area contributed by atoms with Crippen LogP contribution in [0.2, 0.25) is 0 Å². The lowest BCUT2D eigenvalue weighted by Crippen LogP contribution is -1.98. The number of hydrogen-bond donors (Lipinski definition) is 0. The summed E-state index contributed by atoms with van der Waals surface area (Å²) in [7, 11) is 0. The van der Waals surface area contributed by atoms with E-state index in [-0.39, 0.29) is 0 Å². The quantitative estimate of drug-likeness (QED) is 0.175. The lowest BCUT2D eigenvalue weighted by molar-refractivity contribution is 0.668. The first-order valence-electron chi connectivity index (χ1n) is 17.4. The highest BCUT2D eigenvalue weighted by Crippen LogP contribution is 2.43. The molecule has 0 aliphatic carbocycles. The van der Waals surface area contributed by atoms with Gasteiger partial charge in [0, 0.05) is 60.0 Å². The van der Waals surface area contributed by atoms with Crippen LogP contribution in [-0.4, -0.2) is 15.0 Å². The van der Waals surface area contributed by atoms with Gasteiger partial charge in [-0.25, -0.2) is 15.0 Å². The largest absolute Gasteiger partial charge is 0.456 e. The zero-order valence-electron chi connectivity index (χ0n) is 27.7. The van der Waals surface area contributed by atoms with Crippen molar-refractivity contribution in [2.75, 3.05) is 0 Å². The lowest BCUT2D eigenvalue weighted by atomic mass is 9.94. The Hall–Kier alpha value is -7.11. The number of rotatable bonds is 4. The number of aromatic nitrogens is 3. The molecule has 242 valence electrons. The van der Waals surface area contributed by atoms with Gasteiger partial charge in [-0.2, -0.15) is 0 Å². The summed E-state index contributed by atoms with van der Waals surface area (Å²) in [6.07, 6.45) is 0. The maximum Gasteiger partial charge on any atom is 0.162 e. The summed E-state index contributed by atoms with van der Waals surface area (Å²) in [5, 5.41) is 7.51. The summed E-state index contributed by atoms with van der Waals surface area (Å²) in [6.45, 7) is 0. The Morgan fingerprint density at radius 2 is 0.962 bits per heavy atom. The first-order valence-corrected chi connectivity index (χ1v) is 17.4. The van der Waals surface area contributed by atoms with Crippen molar-refractivity contribution in [3.63, 3.8) is 0 Å². The van der Waals surface area contributed by atoms with Gasteiger partial charge in [-0.3, -0.25) is 0 Å². The van der Waals surface area contributed by atoms with Crippen molar-refractivity contribution in [3.05, 3.63) is 164 Å². The summed E-state index contributed by atoms with van der Waals surface area (Å²) < 4.78 is 12.7. The number of nitrogens with zero attached hydrogens (tertiary/aromatic N) is 3. The highest BCUT2D eigenvalue weighted by atomic mass is 16.3. The van der Waals surface area contributed by atoms with Gasteiger partial charge in [-0.05, 0) is 48.5 Å². The molecule has 0 N–H and O–H groups in total. The second kappa shape index (κ2) is 11.2. The molecule has 0 unspecified atom stereocenters. The van der Waals surface area contributed by atoms with Gasteiger partial charge >= 0.3 is 0 Å². The molecule has 0 bridgehead atoms. The third kappa shape index (κ3) is 4.39. The molecule has 0 atom stereocenters. The van der Waals surface area contributed by atoms with Gasteiger partial charge < -0.3 is 8.83 Å². The van der Waals surface area contributed by atoms with E-state index in [0.29, 0.717) is 5.82 Å². The molecule has 5 nitrogen and oxygen atoms in total. The van der Waals surface area contributed by atoms with E-state index in [1.807, 2.05) is 54.6 Å². The Labute approximate surface area is 297 Å². The predicted molar refractivity (Wildman–Crippen MR) is 211 cm³/mol. The van der Waals surface area contributed by atoms with Crippen LogP contribution in [0.3, 0.4) is 0 Å². The zero-order chi connectivity index (χ0) is 34.2. The fourth-order valence-electron chi connectivity index (χ4n) is 7.69. The average Bonchev–Trinajstić information content (AvgIpc) is 3.79. The Bertz CT molecular complexity index is 3180. The monoisotopic (exact) mass is 665 g/mol. The molecule has 0 aliphatic heterocycles. The van der Waals surface area contributed by atoms with Crippen LogP contribution in [0.1, 0.15) is 0 Å². The molecule has 0 saturated heterocycles.